The van der Waals surface area contributed by atoms with Crippen LogP contribution in [-0.4, -0.2) is 4.98 Å². The van der Waals surface area contributed by atoms with Crippen molar-refractivity contribution in [3.8, 4) is 11.6 Å². The van der Waals surface area contributed by atoms with Gasteiger partial charge in [0.15, 0.2) is 5.75 Å². The zero-order chi connectivity index (χ0) is 13.2. The quantitative estimate of drug-likeness (QED) is 0.701. The van der Waals surface area contributed by atoms with Gasteiger partial charge in [0.25, 0.3) is 0 Å². The average Bonchev–Trinajstić information content (AvgIpc) is 2.43. The van der Waals surface area contributed by atoms with Crippen LogP contribution in [0.4, 0.5) is 5.69 Å². The summed E-state index contributed by atoms with van der Waals surface area (Å²) >= 11 is 0. The second kappa shape index (κ2) is 4.61. The second-order valence-corrected chi connectivity index (χ2v) is 4.48. The van der Waals surface area contributed by atoms with Crippen molar-refractivity contribution in [2.45, 2.75) is 6.92 Å². The smallest absolute Gasteiger partial charge is 0.227 e. The van der Waals surface area contributed by atoms with Crippen LogP contribution in [0.25, 0.3) is 10.8 Å². The largest absolute Gasteiger partial charge is 0.436 e. The summed E-state index contributed by atoms with van der Waals surface area (Å²) in [6.45, 7) is 2.00. The molecule has 94 valence electrons. The maximum absolute atomic E-state index is 5.93. The molecule has 1 aromatic heterocycles. The molecule has 1 heterocycles. The Bertz CT molecular complexity index is 732. The predicted molar refractivity (Wildman–Crippen MR) is 77.4 cm³/mol. The van der Waals surface area contributed by atoms with Gasteiger partial charge in [-0.1, -0.05) is 24.3 Å². The van der Waals surface area contributed by atoms with E-state index in [-0.39, 0.29) is 0 Å². The lowest BCUT2D eigenvalue weighted by Gasteiger charge is -2.10. The summed E-state index contributed by atoms with van der Waals surface area (Å²) in [5.41, 5.74) is 7.64. The Kier molecular flexibility index (Phi) is 2.80. The van der Waals surface area contributed by atoms with Crippen LogP contribution in [0.5, 0.6) is 11.6 Å². The molecule has 0 saturated heterocycles. The van der Waals surface area contributed by atoms with Gasteiger partial charge in [-0.2, -0.15) is 0 Å². The molecule has 0 unspecified atom stereocenters. The zero-order valence-corrected chi connectivity index (χ0v) is 10.6. The summed E-state index contributed by atoms with van der Waals surface area (Å²) in [5.74, 6) is 1.22. The fourth-order valence-corrected chi connectivity index (χ4v) is 2.01. The van der Waals surface area contributed by atoms with E-state index in [1.165, 1.54) is 0 Å². The van der Waals surface area contributed by atoms with Crippen LogP contribution in [0.1, 0.15) is 5.56 Å². The molecule has 2 N–H and O–H groups in total. The molecule has 3 aromatic rings. The van der Waals surface area contributed by atoms with Crippen LogP contribution in [0.2, 0.25) is 0 Å². The Morgan fingerprint density at radius 2 is 1.89 bits per heavy atom. The molecule has 3 rings (SSSR count). The number of aromatic nitrogens is 1. The van der Waals surface area contributed by atoms with Gasteiger partial charge in [0.05, 0.1) is 5.69 Å². The molecule has 0 bridgehead atoms. The highest BCUT2D eigenvalue weighted by Crippen LogP contribution is 2.31. The lowest BCUT2D eigenvalue weighted by Crippen LogP contribution is -1.94. The SMILES string of the molecule is Cc1ccc(N)c(Oc2nccc3ccccc23)c1. The molecular weight excluding hydrogens is 236 g/mol. The van der Waals surface area contributed by atoms with Crippen molar-refractivity contribution in [3.63, 3.8) is 0 Å². The summed E-state index contributed by atoms with van der Waals surface area (Å²) in [6, 6.07) is 15.7. The first-order valence-corrected chi connectivity index (χ1v) is 6.12. The van der Waals surface area contributed by atoms with Gasteiger partial charge < -0.3 is 10.5 Å². The number of fused-ring (bicyclic) bond motifs is 1. The first-order valence-electron chi connectivity index (χ1n) is 6.12. The number of nitrogens with zero attached hydrogens (tertiary/aromatic N) is 1. The van der Waals surface area contributed by atoms with Crippen LogP contribution >= 0.6 is 0 Å². The predicted octanol–water partition coefficient (Wildman–Crippen LogP) is 3.92. The van der Waals surface area contributed by atoms with E-state index < -0.39 is 0 Å². The molecule has 0 aliphatic carbocycles. The van der Waals surface area contributed by atoms with Gasteiger partial charge in [0.2, 0.25) is 5.88 Å². The van der Waals surface area contributed by atoms with Crippen molar-refractivity contribution in [2.24, 2.45) is 0 Å². The Morgan fingerprint density at radius 1 is 1.05 bits per heavy atom. The van der Waals surface area contributed by atoms with Crippen molar-refractivity contribution in [2.75, 3.05) is 5.73 Å². The van der Waals surface area contributed by atoms with Gasteiger partial charge in [0.1, 0.15) is 0 Å². The first kappa shape index (κ1) is 11.5. The molecular formula is C16H14N2O. The van der Waals surface area contributed by atoms with Crippen molar-refractivity contribution in [1.29, 1.82) is 0 Å². The molecule has 19 heavy (non-hydrogen) atoms. The molecule has 0 aliphatic rings. The van der Waals surface area contributed by atoms with Crippen LogP contribution in [0, 0.1) is 6.92 Å². The highest BCUT2D eigenvalue weighted by atomic mass is 16.5. The molecule has 0 saturated carbocycles. The van der Waals surface area contributed by atoms with Crippen LogP contribution in [0.15, 0.2) is 54.7 Å². The van der Waals surface area contributed by atoms with Crippen molar-refractivity contribution >= 4 is 16.5 Å². The second-order valence-electron chi connectivity index (χ2n) is 4.48. The van der Waals surface area contributed by atoms with Crippen LogP contribution in [-0.2, 0) is 0 Å². The Morgan fingerprint density at radius 3 is 2.79 bits per heavy atom. The Balaban J connectivity index is 2.08. The van der Waals surface area contributed by atoms with Crippen LogP contribution < -0.4 is 10.5 Å². The van der Waals surface area contributed by atoms with E-state index in [0.29, 0.717) is 17.3 Å². The minimum atomic E-state index is 0.579. The molecule has 0 radical (unpaired) electrons. The number of nitrogen functional groups attached to an aromatic ring is 1. The van der Waals surface area contributed by atoms with Crippen LogP contribution in [0.3, 0.4) is 0 Å². The van der Waals surface area contributed by atoms with Gasteiger partial charge in [-0.15, -0.1) is 0 Å². The fourth-order valence-electron chi connectivity index (χ4n) is 2.01. The van der Waals surface area contributed by atoms with Gasteiger partial charge in [-0.3, -0.25) is 0 Å². The average molecular weight is 250 g/mol. The van der Waals surface area contributed by atoms with E-state index in [1.54, 1.807) is 6.20 Å². The Labute approximate surface area is 111 Å². The van der Waals surface area contributed by atoms with Gasteiger partial charge in [0, 0.05) is 11.6 Å². The Hall–Kier alpha value is -2.55. The van der Waals surface area contributed by atoms with E-state index in [9.17, 15) is 0 Å². The number of hydrogen-bond acceptors (Lipinski definition) is 3. The molecule has 0 amide bonds. The monoisotopic (exact) mass is 250 g/mol. The summed E-state index contributed by atoms with van der Waals surface area (Å²) in [6.07, 6.45) is 1.74. The standard InChI is InChI=1S/C16H14N2O/c1-11-6-7-14(17)15(10-11)19-16-13-5-3-2-4-12(13)8-9-18-16/h2-10H,17H2,1H3. The van der Waals surface area contributed by atoms with Gasteiger partial charge >= 0.3 is 0 Å². The van der Waals surface area contributed by atoms with E-state index in [1.807, 2.05) is 55.5 Å². The fraction of sp³-hybridized carbons (Fsp3) is 0.0625. The third-order valence-electron chi connectivity index (χ3n) is 3.01. The van der Waals surface area contributed by atoms with Crippen molar-refractivity contribution < 1.29 is 4.74 Å². The van der Waals surface area contributed by atoms with E-state index in [2.05, 4.69) is 4.98 Å². The maximum atomic E-state index is 5.93. The number of aryl methyl sites for hydroxylation is 1. The van der Waals surface area contributed by atoms with E-state index >= 15 is 0 Å². The molecule has 3 nitrogen and oxygen atoms in total. The summed E-state index contributed by atoms with van der Waals surface area (Å²) in [5, 5.41) is 2.07. The maximum Gasteiger partial charge on any atom is 0.227 e. The molecule has 0 aliphatic heterocycles. The number of hydrogen-bond donors (Lipinski definition) is 1. The molecule has 2 aromatic carbocycles. The molecule has 3 heteroatoms. The highest BCUT2D eigenvalue weighted by molar-refractivity contribution is 5.86. The number of anilines is 1. The number of nitrogens with two attached hydrogens (primary N) is 1. The first-order chi connectivity index (χ1) is 9.24. The van der Waals surface area contributed by atoms with E-state index in [4.69, 9.17) is 10.5 Å². The third kappa shape index (κ3) is 2.22. The summed E-state index contributed by atoms with van der Waals surface area (Å²) < 4.78 is 5.87. The highest BCUT2D eigenvalue weighted by Gasteiger charge is 2.07. The molecule has 0 atom stereocenters. The normalized spacial score (nSPS) is 10.6. The molecule has 0 spiro atoms. The lowest BCUT2D eigenvalue weighted by atomic mass is 10.2. The van der Waals surface area contributed by atoms with Gasteiger partial charge in [-0.25, -0.2) is 4.98 Å². The van der Waals surface area contributed by atoms with Crippen molar-refractivity contribution in [1.82, 2.24) is 4.98 Å². The number of rotatable bonds is 2. The van der Waals surface area contributed by atoms with Crippen molar-refractivity contribution in [3.05, 3.63) is 60.3 Å². The minimum absolute atomic E-state index is 0.579. The van der Waals surface area contributed by atoms with E-state index in [0.717, 1.165) is 16.3 Å². The summed E-state index contributed by atoms with van der Waals surface area (Å²) in [4.78, 5) is 4.30. The number of ether oxygens (including phenoxy) is 1. The zero-order valence-electron chi connectivity index (χ0n) is 10.6. The lowest BCUT2D eigenvalue weighted by molar-refractivity contribution is 0.471. The minimum Gasteiger partial charge on any atom is -0.436 e. The number of pyridine rings is 1. The topological polar surface area (TPSA) is 48.1 Å². The molecule has 0 fully saturated rings. The van der Waals surface area contributed by atoms with Gasteiger partial charge in [-0.05, 0) is 42.1 Å². The summed E-state index contributed by atoms with van der Waals surface area (Å²) in [7, 11) is 0. The number of benzene rings is 2. The third-order valence-corrected chi connectivity index (χ3v) is 3.01.